The first-order chi connectivity index (χ1) is 18.3. The number of halogens is 1. The Kier molecular flexibility index (Phi) is 6.48. The van der Waals surface area contributed by atoms with Gasteiger partial charge < -0.3 is 10.4 Å². The molecule has 1 atom stereocenters. The number of benzene rings is 4. The van der Waals surface area contributed by atoms with Gasteiger partial charge in [-0.15, -0.1) is 0 Å². The molecule has 1 aliphatic heterocycles. The highest BCUT2D eigenvalue weighted by atomic mass is 35.5. The van der Waals surface area contributed by atoms with Crippen LogP contribution in [0.2, 0.25) is 5.02 Å². The molecule has 4 aromatic carbocycles. The van der Waals surface area contributed by atoms with Crippen LogP contribution in [-0.4, -0.2) is 19.4 Å². The van der Waals surface area contributed by atoms with Crippen molar-refractivity contribution in [2.24, 2.45) is 0 Å². The zero-order valence-corrected chi connectivity index (χ0v) is 23.6. The number of hydrogen-bond donors (Lipinski definition) is 3. The maximum absolute atomic E-state index is 14.0. The monoisotopic (exact) mass is 560 g/mol. The highest BCUT2D eigenvalue weighted by Gasteiger charge is 2.51. The van der Waals surface area contributed by atoms with Gasteiger partial charge in [-0.1, -0.05) is 80.9 Å². The van der Waals surface area contributed by atoms with E-state index in [4.69, 9.17) is 11.6 Å². The molecule has 1 aliphatic rings. The Labute approximate surface area is 233 Å². The Hall–Kier alpha value is -3.81. The van der Waals surface area contributed by atoms with Crippen LogP contribution in [-0.2, 0) is 25.6 Å². The minimum atomic E-state index is -4.08. The first-order valence-corrected chi connectivity index (χ1v) is 14.3. The predicted molar refractivity (Wildman–Crippen MR) is 155 cm³/mol. The third-order valence-electron chi connectivity index (χ3n) is 7.20. The van der Waals surface area contributed by atoms with E-state index in [0.29, 0.717) is 33.0 Å². The van der Waals surface area contributed by atoms with Crippen molar-refractivity contribution in [1.29, 1.82) is 0 Å². The summed E-state index contributed by atoms with van der Waals surface area (Å²) in [6, 6.07) is 24.0. The van der Waals surface area contributed by atoms with Gasteiger partial charge in [0.1, 0.15) is 11.2 Å². The number of sulfonamides is 1. The average Bonchev–Trinajstić information content (AvgIpc) is 3.17. The number of aromatic hydroxyl groups is 1. The van der Waals surface area contributed by atoms with E-state index < -0.39 is 15.4 Å². The molecule has 8 heteroatoms. The third kappa shape index (κ3) is 4.56. The molecular weight excluding hydrogens is 532 g/mol. The second kappa shape index (κ2) is 9.43. The largest absolute Gasteiger partial charge is 0.508 e. The van der Waals surface area contributed by atoms with Crippen LogP contribution in [0.1, 0.15) is 48.6 Å². The fourth-order valence-electron chi connectivity index (χ4n) is 5.11. The second-order valence-electron chi connectivity index (χ2n) is 10.8. The number of aryl methyl sites for hydroxylation is 1. The Balaban J connectivity index is 1.73. The lowest BCUT2D eigenvalue weighted by molar-refractivity contribution is -0.118. The van der Waals surface area contributed by atoms with Crippen LogP contribution < -0.4 is 10.0 Å². The number of phenols is 1. The van der Waals surface area contributed by atoms with E-state index in [-0.39, 0.29) is 27.7 Å². The van der Waals surface area contributed by atoms with Crippen molar-refractivity contribution in [1.82, 2.24) is 0 Å². The molecule has 3 N–H and O–H groups in total. The Bertz CT molecular complexity index is 1700. The van der Waals surface area contributed by atoms with Crippen molar-refractivity contribution >= 4 is 38.9 Å². The van der Waals surface area contributed by atoms with Gasteiger partial charge in [0.2, 0.25) is 5.91 Å². The molecule has 0 radical (unpaired) electrons. The molecule has 0 aliphatic carbocycles. The van der Waals surface area contributed by atoms with Crippen LogP contribution >= 0.6 is 11.6 Å². The van der Waals surface area contributed by atoms with Crippen LogP contribution in [0.4, 0.5) is 11.4 Å². The zero-order valence-electron chi connectivity index (χ0n) is 22.0. The number of fused-ring (bicyclic) bond motifs is 1. The molecule has 0 aromatic heterocycles. The van der Waals surface area contributed by atoms with Crippen molar-refractivity contribution < 1.29 is 18.3 Å². The summed E-state index contributed by atoms with van der Waals surface area (Å²) in [5, 5.41) is 14.1. The van der Waals surface area contributed by atoms with Crippen LogP contribution in [0.25, 0.3) is 0 Å². The smallest absolute Gasteiger partial charge is 0.261 e. The minimum Gasteiger partial charge on any atom is -0.508 e. The van der Waals surface area contributed by atoms with Crippen molar-refractivity contribution in [2.45, 2.75) is 43.4 Å². The lowest BCUT2D eigenvalue weighted by Gasteiger charge is -2.31. The number of carbonyl (C=O) groups excluding carboxylic acids is 1. The van der Waals surface area contributed by atoms with Gasteiger partial charge in [0.05, 0.1) is 10.6 Å². The second-order valence-corrected chi connectivity index (χ2v) is 12.9. The van der Waals surface area contributed by atoms with Gasteiger partial charge in [-0.3, -0.25) is 9.52 Å². The number of hydrogen-bond acceptors (Lipinski definition) is 4. The summed E-state index contributed by atoms with van der Waals surface area (Å²) in [5.41, 5.74) is 2.23. The summed E-state index contributed by atoms with van der Waals surface area (Å²) in [6.45, 7) is 7.86. The van der Waals surface area contributed by atoms with Gasteiger partial charge in [-0.25, -0.2) is 8.42 Å². The third-order valence-corrected chi connectivity index (χ3v) is 8.81. The highest BCUT2D eigenvalue weighted by molar-refractivity contribution is 7.92. The van der Waals surface area contributed by atoms with Crippen molar-refractivity contribution in [3.8, 4) is 5.75 Å². The van der Waals surface area contributed by atoms with E-state index in [9.17, 15) is 18.3 Å². The number of carbonyl (C=O) groups is 1. The summed E-state index contributed by atoms with van der Waals surface area (Å²) in [6.07, 6.45) is 0. The van der Waals surface area contributed by atoms with Crippen molar-refractivity contribution in [3.05, 3.63) is 118 Å². The van der Waals surface area contributed by atoms with Gasteiger partial charge >= 0.3 is 0 Å². The Morgan fingerprint density at radius 1 is 0.897 bits per heavy atom. The van der Waals surface area contributed by atoms with E-state index in [2.05, 4.69) is 30.8 Å². The fraction of sp³-hybridized carbons (Fsp3) is 0.194. The lowest BCUT2D eigenvalue weighted by Crippen LogP contribution is -2.38. The molecule has 0 fully saturated rings. The molecule has 0 saturated heterocycles. The zero-order chi connectivity index (χ0) is 28.2. The summed E-state index contributed by atoms with van der Waals surface area (Å²) in [4.78, 5) is 14.1. The fourth-order valence-corrected chi connectivity index (χ4v) is 6.35. The lowest BCUT2D eigenvalue weighted by atomic mass is 9.69. The Morgan fingerprint density at radius 2 is 1.56 bits per heavy atom. The van der Waals surface area contributed by atoms with Gasteiger partial charge in [-0.05, 0) is 59.4 Å². The number of phenolic OH excluding ortho intramolecular Hbond substituents is 1. The van der Waals surface area contributed by atoms with Gasteiger partial charge in [-0.2, -0.15) is 0 Å². The topological polar surface area (TPSA) is 95.5 Å². The molecule has 6 nitrogen and oxygen atoms in total. The SMILES string of the molecule is Cc1cc(C2(c3ccccc3)C(=O)Nc3cc(Cl)ccc32)c(NS(=O)(=O)c2ccc(C(C)(C)C)cc2)cc1O. The molecule has 1 unspecified atom stereocenters. The molecule has 1 amide bonds. The van der Waals surface area contributed by atoms with E-state index in [0.717, 1.165) is 5.56 Å². The Morgan fingerprint density at radius 3 is 2.21 bits per heavy atom. The molecular formula is C31H29ClN2O4S. The number of anilines is 2. The van der Waals surface area contributed by atoms with Crippen LogP contribution in [0.15, 0.2) is 89.8 Å². The number of amides is 1. The molecule has 200 valence electrons. The quantitative estimate of drug-likeness (QED) is 0.252. The maximum atomic E-state index is 14.0. The molecule has 0 spiro atoms. The average molecular weight is 561 g/mol. The van der Waals surface area contributed by atoms with Gasteiger partial charge in [0.15, 0.2) is 0 Å². The predicted octanol–water partition coefficient (Wildman–Crippen LogP) is 6.74. The van der Waals surface area contributed by atoms with Crippen LogP contribution in [0.5, 0.6) is 5.75 Å². The van der Waals surface area contributed by atoms with E-state index in [1.54, 1.807) is 55.5 Å². The van der Waals surface area contributed by atoms with Gasteiger partial charge in [0.25, 0.3) is 10.0 Å². The van der Waals surface area contributed by atoms with Crippen molar-refractivity contribution in [3.63, 3.8) is 0 Å². The summed E-state index contributed by atoms with van der Waals surface area (Å²) in [5.74, 6) is -0.455. The first kappa shape index (κ1) is 26.8. The summed E-state index contributed by atoms with van der Waals surface area (Å²) < 4.78 is 29.9. The highest BCUT2D eigenvalue weighted by Crippen LogP contribution is 2.51. The maximum Gasteiger partial charge on any atom is 0.261 e. The molecule has 0 saturated carbocycles. The molecule has 1 heterocycles. The first-order valence-electron chi connectivity index (χ1n) is 12.5. The van der Waals surface area contributed by atoms with E-state index >= 15 is 0 Å². The van der Waals surface area contributed by atoms with E-state index in [1.807, 2.05) is 30.3 Å². The molecule has 5 rings (SSSR count). The summed E-state index contributed by atoms with van der Waals surface area (Å²) in [7, 11) is -4.08. The summed E-state index contributed by atoms with van der Waals surface area (Å²) >= 11 is 6.25. The minimum absolute atomic E-state index is 0.0679. The normalized spacial score (nSPS) is 17.0. The van der Waals surface area contributed by atoms with E-state index in [1.165, 1.54) is 6.07 Å². The van der Waals surface area contributed by atoms with Crippen molar-refractivity contribution in [2.75, 3.05) is 10.0 Å². The molecule has 0 bridgehead atoms. The molecule has 4 aromatic rings. The van der Waals surface area contributed by atoms with Gasteiger partial charge in [0, 0.05) is 27.9 Å². The number of rotatable bonds is 5. The molecule has 39 heavy (non-hydrogen) atoms. The van der Waals surface area contributed by atoms with Crippen LogP contribution in [0, 0.1) is 6.92 Å². The van der Waals surface area contributed by atoms with Crippen LogP contribution in [0.3, 0.4) is 0 Å². The number of nitrogens with one attached hydrogen (secondary N) is 2. The standard InChI is InChI=1S/C31H29ClN2O4S/c1-19-16-25(27(18-28(19)35)34-39(37,38)23-13-10-20(11-14-23)30(2,3)4)31(21-8-6-5-7-9-21)24-15-12-22(32)17-26(24)33-29(31)36/h5-18,34-35H,1-4H3,(H,33,36).